The summed E-state index contributed by atoms with van der Waals surface area (Å²) in [7, 11) is 0. The Balaban J connectivity index is 1.29. The largest absolute Gasteiger partial charge is 0.471 e. The average molecular weight is 514 g/mol. The molecule has 0 aliphatic carbocycles. The van der Waals surface area contributed by atoms with Gasteiger partial charge in [0.15, 0.2) is 0 Å². The monoisotopic (exact) mass is 513 g/mol. The Bertz CT molecular complexity index is 1500. The van der Waals surface area contributed by atoms with Crippen LogP contribution in [0.15, 0.2) is 65.6 Å². The lowest BCUT2D eigenvalue weighted by Gasteiger charge is -2.22. The maximum Gasteiger partial charge on any atom is 0.417 e. The minimum atomic E-state index is -4.59. The van der Waals surface area contributed by atoms with Crippen LogP contribution in [0.5, 0.6) is 17.4 Å². The summed E-state index contributed by atoms with van der Waals surface area (Å²) < 4.78 is 52.0. The first-order valence-corrected chi connectivity index (χ1v) is 11.4. The quantitative estimate of drug-likeness (QED) is 0.317. The van der Waals surface area contributed by atoms with Gasteiger partial charge < -0.3 is 9.47 Å². The van der Waals surface area contributed by atoms with Gasteiger partial charge in [-0.25, -0.2) is 4.79 Å². The number of fused-ring (bicyclic) bond motifs is 3. The van der Waals surface area contributed by atoms with Gasteiger partial charge in [-0.05, 0) is 49.2 Å². The van der Waals surface area contributed by atoms with Crippen LogP contribution < -0.4 is 15.2 Å². The van der Waals surface area contributed by atoms with Gasteiger partial charge in [0.05, 0.1) is 28.2 Å². The van der Waals surface area contributed by atoms with Crippen molar-refractivity contribution in [1.29, 1.82) is 0 Å². The van der Waals surface area contributed by atoms with Crippen molar-refractivity contribution >= 4 is 11.6 Å². The summed E-state index contributed by atoms with van der Waals surface area (Å²) in [5.74, 6) is 0.403. The van der Waals surface area contributed by atoms with Crippen LogP contribution in [0.25, 0.3) is 11.3 Å². The lowest BCUT2D eigenvalue weighted by molar-refractivity contribution is -0.137. The molecule has 3 heterocycles. The van der Waals surface area contributed by atoms with E-state index < -0.39 is 16.8 Å². The third kappa shape index (κ3) is 4.92. The van der Waals surface area contributed by atoms with Gasteiger partial charge >= 0.3 is 11.9 Å². The van der Waals surface area contributed by atoms with E-state index in [0.717, 1.165) is 35.4 Å². The van der Waals surface area contributed by atoms with Crippen LogP contribution >= 0.6 is 11.6 Å². The number of pyridine rings is 1. The molecule has 0 saturated carbocycles. The van der Waals surface area contributed by atoms with Gasteiger partial charge in [-0.2, -0.15) is 18.2 Å². The molecule has 0 unspecified atom stereocenters. The summed E-state index contributed by atoms with van der Waals surface area (Å²) in [6, 6.07) is 14.3. The number of alkyl halides is 3. The summed E-state index contributed by atoms with van der Waals surface area (Å²) in [4.78, 5) is 20.8. The number of rotatable bonds is 5. The SMILES string of the molecule is Cc1ccc2c(c1)CCn1c-2cc(OCc2ccc(Oc3ccc(Cl)c(C(F)(F)F)c3)cn2)nc1=O. The van der Waals surface area contributed by atoms with E-state index in [1.807, 2.05) is 19.1 Å². The number of aromatic nitrogens is 3. The zero-order valence-electron chi connectivity index (χ0n) is 19.0. The lowest BCUT2D eigenvalue weighted by Crippen LogP contribution is -2.28. The zero-order chi connectivity index (χ0) is 25.4. The summed E-state index contributed by atoms with van der Waals surface area (Å²) in [6.07, 6.45) is -2.46. The van der Waals surface area contributed by atoms with Gasteiger partial charge in [0.2, 0.25) is 5.88 Å². The predicted molar refractivity (Wildman–Crippen MR) is 127 cm³/mol. The molecule has 0 atom stereocenters. The maximum atomic E-state index is 13.1. The predicted octanol–water partition coefficient (Wildman–Crippen LogP) is 6.21. The lowest BCUT2D eigenvalue weighted by atomic mass is 9.96. The fraction of sp³-hybridized carbons (Fsp3) is 0.192. The third-order valence-electron chi connectivity index (χ3n) is 5.77. The molecule has 184 valence electrons. The van der Waals surface area contributed by atoms with E-state index in [4.69, 9.17) is 21.1 Å². The van der Waals surface area contributed by atoms with E-state index in [1.54, 1.807) is 22.8 Å². The molecular formula is C26H19ClF3N3O3. The number of nitrogens with zero attached hydrogens (tertiary/aromatic N) is 3. The minimum absolute atomic E-state index is 0.0215. The fourth-order valence-electron chi connectivity index (χ4n) is 4.04. The molecule has 10 heteroatoms. The molecule has 6 nitrogen and oxygen atoms in total. The number of ether oxygens (including phenoxy) is 2. The average Bonchev–Trinajstić information content (AvgIpc) is 2.83. The van der Waals surface area contributed by atoms with Crippen LogP contribution in [0.3, 0.4) is 0 Å². The van der Waals surface area contributed by atoms with Crippen LogP contribution in [-0.4, -0.2) is 14.5 Å². The Hall–Kier alpha value is -3.85. The van der Waals surface area contributed by atoms with Crippen LogP contribution in [0.4, 0.5) is 13.2 Å². The van der Waals surface area contributed by atoms with Crippen molar-refractivity contribution in [3.63, 3.8) is 0 Å². The number of hydrogen-bond acceptors (Lipinski definition) is 5. The van der Waals surface area contributed by atoms with E-state index in [2.05, 4.69) is 16.0 Å². The molecule has 0 radical (unpaired) electrons. The smallest absolute Gasteiger partial charge is 0.417 e. The summed E-state index contributed by atoms with van der Waals surface area (Å²) in [6.45, 7) is 2.62. The first-order chi connectivity index (χ1) is 17.2. The summed E-state index contributed by atoms with van der Waals surface area (Å²) >= 11 is 5.64. The molecule has 2 aromatic carbocycles. The van der Waals surface area contributed by atoms with Gasteiger partial charge in [-0.15, -0.1) is 0 Å². The van der Waals surface area contributed by atoms with Crippen LogP contribution in [0, 0.1) is 6.92 Å². The van der Waals surface area contributed by atoms with Crippen molar-refractivity contribution in [3.8, 4) is 28.6 Å². The molecular weight excluding hydrogens is 495 g/mol. The molecule has 0 saturated heterocycles. The molecule has 0 amide bonds. The van der Waals surface area contributed by atoms with Crippen LogP contribution in [0.2, 0.25) is 5.02 Å². The minimum Gasteiger partial charge on any atom is -0.471 e. The molecule has 0 spiro atoms. The Morgan fingerprint density at radius 1 is 1.06 bits per heavy atom. The summed E-state index contributed by atoms with van der Waals surface area (Å²) in [5, 5.41) is -0.408. The first-order valence-electron chi connectivity index (χ1n) is 11.0. The van der Waals surface area contributed by atoms with Crippen molar-refractivity contribution in [1.82, 2.24) is 14.5 Å². The normalized spacial score (nSPS) is 12.6. The molecule has 1 aliphatic rings. The Labute approximate surface area is 208 Å². The zero-order valence-corrected chi connectivity index (χ0v) is 19.7. The summed E-state index contributed by atoms with van der Waals surface area (Å²) in [5.41, 5.74) is 3.22. The number of hydrogen-bond donors (Lipinski definition) is 0. The van der Waals surface area contributed by atoms with Crippen molar-refractivity contribution in [2.24, 2.45) is 0 Å². The van der Waals surface area contributed by atoms with E-state index in [0.29, 0.717) is 12.2 Å². The van der Waals surface area contributed by atoms with Gasteiger partial charge in [0, 0.05) is 18.2 Å². The molecule has 36 heavy (non-hydrogen) atoms. The van der Waals surface area contributed by atoms with E-state index in [1.165, 1.54) is 17.8 Å². The Morgan fingerprint density at radius 2 is 1.86 bits per heavy atom. The van der Waals surface area contributed by atoms with Crippen molar-refractivity contribution in [2.75, 3.05) is 0 Å². The molecule has 0 N–H and O–H groups in total. The van der Waals surface area contributed by atoms with Gasteiger partial charge in [0.25, 0.3) is 0 Å². The van der Waals surface area contributed by atoms with E-state index >= 15 is 0 Å². The Morgan fingerprint density at radius 3 is 2.61 bits per heavy atom. The van der Waals surface area contributed by atoms with E-state index in [9.17, 15) is 18.0 Å². The standard InChI is InChI=1S/C26H19ClF3N3O3/c1-15-2-6-20-16(10-15)8-9-33-23(20)12-24(32-25(33)34)35-14-17-3-4-19(13-31-17)36-18-5-7-22(27)21(11-18)26(28,29)30/h2-7,10-13H,8-9,14H2,1H3. The maximum absolute atomic E-state index is 13.1. The molecule has 0 bridgehead atoms. The van der Waals surface area contributed by atoms with Crippen LogP contribution in [0.1, 0.15) is 22.4 Å². The number of halogens is 4. The second-order valence-electron chi connectivity index (χ2n) is 8.34. The molecule has 5 rings (SSSR count). The number of benzene rings is 2. The van der Waals surface area contributed by atoms with Crippen molar-refractivity contribution in [3.05, 3.63) is 98.7 Å². The van der Waals surface area contributed by atoms with Gasteiger partial charge in [0.1, 0.15) is 18.1 Å². The van der Waals surface area contributed by atoms with Gasteiger partial charge in [-0.3, -0.25) is 9.55 Å². The highest BCUT2D eigenvalue weighted by Gasteiger charge is 2.33. The third-order valence-corrected chi connectivity index (χ3v) is 6.10. The first kappa shape index (κ1) is 23.9. The molecule has 4 aromatic rings. The second kappa shape index (κ2) is 9.31. The van der Waals surface area contributed by atoms with E-state index in [-0.39, 0.29) is 29.7 Å². The van der Waals surface area contributed by atoms with Gasteiger partial charge in [-0.1, -0.05) is 35.4 Å². The van der Waals surface area contributed by atoms with Crippen LogP contribution in [-0.2, 0) is 25.7 Å². The van der Waals surface area contributed by atoms with Crippen molar-refractivity contribution < 1.29 is 22.6 Å². The highest BCUT2D eigenvalue weighted by molar-refractivity contribution is 6.31. The highest BCUT2D eigenvalue weighted by atomic mass is 35.5. The van der Waals surface area contributed by atoms with Crippen molar-refractivity contribution in [2.45, 2.75) is 32.7 Å². The second-order valence-corrected chi connectivity index (χ2v) is 8.75. The molecule has 1 aliphatic heterocycles. The number of aryl methyl sites for hydroxylation is 2. The molecule has 2 aromatic heterocycles. The fourth-order valence-corrected chi connectivity index (χ4v) is 4.26. The molecule has 0 fully saturated rings. The Kier molecular flexibility index (Phi) is 6.17. The topological polar surface area (TPSA) is 66.2 Å². The highest BCUT2D eigenvalue weighted by Crippen LogP contribution is 2.37.